The first-order chi connectivity index (χ1) is 10.1. The zero-order chi connectivity index (χ0) is 16.7. The number of piperazine rings is 1. The maximum Gasteiger partial charge on any atom is 0.410 e. The average molecular weight is 313 g/mol. The lowest BCUT2D eigenvalue weighted by Gasteiger charge is -2.35. The molecule has 0 aromatic heterocycles. The smallest absolute Gasteiger partial charge is 0.410 e. The molecule has 22 heavy (non-hydrogen) atoms. The Kier molecular flexibility index (Phi) is 3.99. The van der Waals surface area contributed by atoms with Crippen LogP contribution in [0.2, 0.25) is 0 Å². The van der Waals surface area contributed by atoms with Crippen molar-refractivity contribution in [3.8, 4) is 0 Å². The summed E-state index contributed by atoms with van der Waals surface area (Å²) in [5, 5.41) is 0.450. The maximum atomic E-state index is 12.1. The van der Waals surface area contributed by atoms with E-state index in [2.05, 4.69) is 4.84 Å². The molecule has 0 spiro atoms. The molecule has 0 aromatic carbocycles. The van der Waals surface area contributed by atoms with Gasteiger partial charge in [-0.1, -0.05) is 5.06 Å². The third-order valence-corrected chi connectivity index (χ3v) is 3.16. The highest BCUT2D eigenvalue weighted by Crippen LogP contribution is 2.23. The van der Waals surface area contributed by atoms with Crippen LogP contribution in [-0.2, 0) is 19.2 Å². The summed E-state index contributed by atoms with van der Waals surface area (Å²) in [6.45, 7) is 6.77. The molecule has 0 saturated carbocycles. The minimum atomic E-state index is -0.854. The van der Waals surface area contributed by atoms with Crippen LogP contribution in [0.15, 0.2) is 0 Å². The van der Waals surface area contributed by atoms with Gasteiger partial charge in [0.2, 0.25) is 0 Å². The molecular weight excluding hydrogens is 294 g/mol. The minimum Gasteiger partial charge on any atom is -0.444 e. The second-order valence-corrected chi connectivity index (χ2v) is 6.13. The van der Waals surface area contributed by atoms with E-state index in [4.69, 9.17) is 4.74 Å². The number of nitrogens with zero attached hydrogens (tertiary/aromatic N) is 3. The molecule has 1 atom stereocenters. The lowest BCUT2D eigenvalue weighted by molar-refractivity contribution is -0.181. The number of hydroxylamine groups is 2. The first-order valence-electron chi connectivity index (χ1n) is 6.91. The molecule has 0 aliphatic carbocycles. The van der Waals surface area contributed by atoms with Crippen molar-refractivity contribution in [3.05, 3.63) is 0 Å². The lowest BCUT2D eigenvalue weighted by atomic mass is 10.2. The number of ether oxygens (including phenoxy) is 1. The zero-order valence-corrected chi connectivity index (χ0v) is 13.0. The van der Waals surface area contributed by atoms with Crippen LogP contribution in [0.3, 0.4) is 0 Å². The number of imide groups is 1. The predicted octanol–water partition coefficient (Wildman–Crippen LogP) is 0.348. The molecular formula is C13H19N3O6. The van der Waals surface area contributed by atoms with Crippen LogP contribution in [-0.4, -0.2) is 70.1 Å². The van der Waals surface area contributed by atoms with Gasteiger partial charge in [-0.2, -0.15) is 0 Å². The number of carbonyl (C=O) groups excluding carboxylic acids is 4. The number of amides is 4. The van der Waals surface area contributed by atoms with Crippen LogP contribution in [0.4, 0.5) is 9.59 Å². The molecule has 2 fully saturated rings. The highest BCUT2D eigenvalue weighted by atomic mass is 16.7. The van der Waals surface area contributed by atoms with Gasteiger partial charge >= 0.3 is 18.1 Å². The standard InChI is InChI=1S/C13H19N3O6/c1-8(17)22-16-10(18)9-7-14(5-6-15(9)11(16)19)12(20)21-13(2,3)4/h9H,5-7H2,1-4H3. The SMILES string of the molecule is CC(=O)ON1C(=O)C2CN(C(=O)OC(C)(C)C)CCN2C1=O. The van der Waals surface area contributed by atoms with Gasteiger partial charge in [-0.15, -0.1) is 0 Å². The molecule has 122 valence electrons. The number of rotatable bonds is 1. The van der Waals surface area contributed by atoms with Crippen LogP contribution >= 0.6 is 0 Å². The van der Waals surface area contributed by atoms with Crippen molar-refractivity contribution in [3.63, 3.8) is 0 Å². The quantitative estimate of drug-likeness (QED) is 0.648. The third-order valence-electron chi connectivity index (χ3n) is 3.16. The highest BCUT2D eigenvalue weighted by Gasteiger charge is 2.50. The Morgan fingerprint density at radius 1 is 1.18 bits per heavy atom. The number of hydrogen-bond acceptors (Lipinski definition) is 6. The van der Waals surface area contributed by atoms with Gasteiger partial charge < -0.3 is 19.4 Å². The van der Waals surface area contributed by atoms with E-state index in [0.29, 0.717) is 5.06 Å². The molecule has 9 nitrogen and oxygen atoms in total. The summed E-state index contributed by atoms with van der Waals surface area (Å²) in [5.74, 6) is -1.42. The Balaban J connectivity index is 2.07. The summed E-state index contributed by atoms with van der Waals surface area (Å²) in [6.07, 6.45) is -0.543. The van der Waals surface area contributed by atoms with Gasteiger partial charge in [0.15, 0.2) is 0 Å². The molecule has 0 bridgehead atoms. The third kappa shape index (κ3) is 3.12. The van der Waals surface area contributed by atoms with Crippen molar-refractivity contribution in [2.45, 2.75) is 39.3 Å². The van der Waals surface area contributed by atoms with E-state index in [-0.39, 0.29) is 19.6 Å². The molecule has 2 aliphatic rings. The monoisotopic (exact) mass is 313 g/mol. The van der Waals surface area contributed by atoms with Crippen molar-refractivity contribution in [2.75, 3.05) is 19.6 Å². The van der Waals surface area contributed by atoms with E-state index in [1.165, 1.54) is 9.80 Å². The molecule has 4 amide bonds. The summed E-state index contributed by atoms with van der Waals surface area (Å²) in [5.41, 5.74) is -0.645. The summed E-state index contributed by atoms with van der Waals surface area (Å²) in [6, 6.07) is -1.54. The lowest BCUT2D eigenvalue weighted by Crippen LogP contribution is -2.55. The van der Waals surface area contributed by atoms with Gasteiger partial charge in [0, 0.05) is 20.0 Å². The fraction of sp³-hybridized carbons (Fsp3) is 0.692. The molecule has 0 aromatic rings. The number of fused-ring (bicyclic) bond motifs is 1. The number of hydrogen-bond donors (Lipinski definition) is 0. The molecule has 0 radical (unpaired) electrons. The maximum absolute atomic E-state index is 12.1. The van der Waals surface area contributed by atoms with Crippen molar-refractivity contribution in [1.82, 2.24) is 14.9 Å². The van der Waals surface area contributed by atoms with Crippen LogP contribution in [0.5, 0.6) is 0 Å². The summed E-state index contributed by atoms with van der Waals surface area (Å²) in [4.78, 5) is 54.4. The van der Waals surface area contributed by atoms with E-state index in [1.54, 1.807) is 20.8 Å². The Labute approximate surface area is 127 Å². The number of carbonyl (C=O) groups is 4. The molecule has 2 rings (SSSR count). The Morgan fingerprint density at radius 2 is 1.82 bits per heavy atom. The van der Waals surface area contributed by atoms with Crippen LogP contribution in [0, 0.1) is 0 Å². The van der Waals surface area contributed by atoms with E-state index in [9.17, 15) is 19.2 Å². The minimum absolute atomic E-state index is 0.0112. The predicted molar refractivity (Wildman–Crippen MR) is 72.3 cm³/mol. The Bertz CT molecular complexity index is 526. The van der Waals surface area contributed by atoms with Crippen molar-refractivity contribution in [1.29, 1.82) is 0 Å². The van der Waals surface area contributed by atoms with Gasteiger partial charge in [-0.3, -0.25) is 4.79 Å². The first-order valence-corrected chi connectivity index (χ1v) is 6.91. The van der Waals surface area contributed by atoms with Crippen LogP contribution < -0.4 is 0 Å². The molecule has 2 saturated heterocycles. The van der Waals surface area contributed by atoms with Gasteiger partial charge in [0.05, 0.1) is 6.54 Å². The first kappa shape index (κ1) is 16.1. The van der Waals surface area contributed by atoms with E-state index in [0.717, 1.165) is 6.92 Å². The summed E-state index contributed by atoms with van der Waals surface area (Å²) < 4.78 is 5.25. The molecule has 2 aliphatic heterocycles. The number of urea groups is 1. The van der Waals surface area contributed by atoms with Gasteiger partial charge in [0.1, 0.15) is 11.6 Å². The normalized spacial score (nSPS) is 21.8. The second-order valence-electron chi connectivity index (χ2n) is 6.13. The highest BCUT2D eigenvalue weighted by molar-refractivity contribution is 6.04. The van der Waals surface area contributed by atoms with Crippen molar-refractivity contribution < 1.29 is 28.8 Å². The topological polar surface area (TPSA) is 96.5 Å². The van der Waals surface area contributed by atoms with E-state index >= 15 is 0 Å². The van der Waals surface area contributed by atoms with Gasteiger partial charge in [-0.25, -0.2) is 14.4 Å². The fourth-order valence-electron chi connectivity index (χ4n) is 2.27. The van der Waals surface area contributed by atoms with Crippen molar-refractivity contribution in [2.24, 2.45) is 0 Å². The van der Waals surface area contributed by atoms with Crippen LogP contribution in [0.1, 0.15) is 27.7 Å². The molecule has 1 unspecified atom stereocenters. The van der Waals surface area contributed by atoms with Crippen molar-refractivity contribution >= 4 is 24.0 Å². The zero-order valence-electron chi connectivity index (χ0n) is 13.0. The molecule has 0 N–H and O–H groups in total. The Hall–Kier alpha value is -2.32. The fourth-order valence-corrected chi connectivity index (χ4v) is 2.27. The van der Waals surface area contributed by atoms with E-state index in [1.807, 2.05) is 0 Å². The van der Waals surface area contributed by atoms with Gasteiger partial charge in [-0.05, 0) is 20.8 Å². The molecule has 2 heterocycles. The Morgan fingerprint density at radius 3 is 2.36 bits per heavy atom. The second kappa shape index (κ2) is 5.47. The molecule has 9 heteroatoms. The largest absolute Gasteiger partial charge is 0.444 e. The average Bonchev–Trinajstić information content (AvgIpc) is 2.61. The van der Waals surface area contributed by atoms with E-state index < -0.39 is 35.6 Å². The van der Waals surface area contributed by atoms with Gasteiger partial charge in [0.25, 0.3) is 5.91 Å². The summed E-state index contributed by atoms with van der Waals surface area (Å²) in [7, 11) is 0. The van der Waals surface area contributed by atoms with Crippen LogP contribution in [0.25, 0.3) is 0 Å². The summed E-state index contributed by atoms with van der Waals surface area (Å²) >= 11 is 0.